The van der Waals surface area contributed by atoms with Crippen molar-refractivity contribution in [2.45, 2.75) is 20.3 Å². The fourth-order valence-corrected chi connectivity index (χ4v) is 1.92. The molecule has 0 bridgehead atoms. The van der Waals surface area contributed by atoms with Gasteiger partial charge in [0.2, 0.25) is 5.91 Å². The summed E-state index contributed by atoms with van der Waals surface area (Å²) in [4.78, 5) is 11.5. The third-order valence-electron chi connectivity index (χ3n) is 2.37. The van der Waals surface area contributed by atoms with Crippen LogP contribution in [0.1, 0.15) is 17.5 Å². The molecule has 5 heteroatoms. The minimum atomic E-state index is -3.09. The van der Waals surface area contributed by atoms with E-state index in [1.165, 1.54) is 0 Å². The Morgan fingerprint density at radius 2 is 1.94 bits per heavy atom. The standard InChI is InChI=1S/C12H17NO3S/c1-9-4-5-10(2)11(8-9)13-12(14)6-7-17(3,15)16/h4-5,8H,6-7H2,1-3H3,(H,13,14). The van der Waals surface area contributed by atoms with E-state index >= 15 is 0 Å². The molecule has 0 saturated heterocycles. The molecule has 0 aliphatic carbocycles. The quantitative estimate of drug-likeness (QED) is 0.890. The molecule has 0 radical (unpaired) electrons. The van der Waals surface area contributed by atoms with Crippen molar-refractivity contribution in [3.63, 3.8) is 0 Å². The number of hydrogen-bond donors (Lipinski definition) is 1. The van der Waals surface area contributed by atoms with Gasteiger partial charge in [0, 0.05) is 18.4 Å². The Kier molecular flexibility index (Phi) is 4.28. The zero-order valence-electron chi connectivity index (χ0n) is 10.3. The Morgan fingerprint density at radius 3 is 2.53 bits per heavy atom. The lowest BCUT2D eigenvalue weighted by Crippen LogP contribution is -2.17. The number of carbonyl (C=O) groups is 1. The number of benzene rings is 1. The van der Waals surface area contributed by atoms with Crippen molar-refractivity contribution in [2.24, 2.45) is 0 Å². The summed E-state index contributed by atoms with van der Waals surface area (Å²) in [6.07, 6.45) is 1.12. The Morgan fingerprint density at radius 1 is 1.29 bits per heavy atom. The molecule has 1 aromatic carbocycles. The van der Waals surface area contributed by atoms with E-state index in [2.05, 4.69) is 5.32 Å². The molecule has 0 saturated carbocycles. The summed E-state index contributed by atoms with van der Waals surface area (Å²) < 4.78 is 21.9. The lowest BCUT2D eigenvalue weighted by atomic mass is 10.1. The Balaban J connectivity index is 2.65. The van der Waals surface area contributed by atoms with Crippen molar-refractivity contribution in [1.29, 1.82) is 0 Å². The van der Waals surface area contributed by atoms with Gasteiger partial charge in [-0.1, -0.05) is 12.1 Å². The number of carbonyl (C=O) groups excluding carboxylic acids is 1. The molecule has 0 aromatic heterocycles. The molecular formula is C12H17NO3S. The normalized spacial score (nSPS) is 11.2. The minimum absolute atomic E-state index is 0.00772. The second kappa shape index (κ2) is 5.31. The first-order valence-corrected chi connectivity index (χ1v) is 7.39. The summed E-state index contributed by atoms with van der Waals surface area (Å²) in [7, 11) is -3.09. The highest BCUT2D eigenvalue weighted by Crippen LogP contribution is 2.16. The van der Waals surface area contributed by atoms with Gasteiger partial charge < -0.3 is 5.32 Å². The van der Waals surface area contributed by atoms with Crippen molar-refractivity contribution >= 4 is 21.4 Å². The van der Waals surface area contributed by atoms with Crippen molar-refractivity contribution in [2.75, 3.05) is 17.3 Å². The summed E-state index contributed by atoms with van der Waals surface area (Å²) in [6, 6.07) is 5.75. The molecule has 0 unspecified atom stereocenters. The van der Waals surface area contributed by atoms with Crippen molar-refractivity contribution < 1.29 is 13.2 Å². The summed E-state index contributed by atoms with van der Waals surface area (Å²) in [6.45, 7) is 3.83. The number of hydrogen-bond acceptors (Lipinski definition) is 3. The molecule has 1 amide bonds. The molecule has 1 N–H and O–H groups in total. The zero-order valence-corrected chi connectivity index (χ0v) is 11.1. The van der Waals surface area contributed by atoms with Crippen molar-refractivity contribution in [3.8, 4) is 0 Å². The van der Waals surface area contributed by atoms with E-state index in [0.717, 1.165) is 23.1 Å². The van der Waals surface area contributed by atoms with Crippen LogP contribution < -0.4 is 5.32 Å². The van der Waals surface area contributed by atoms with Crippen LogP contribution in [0.3, 0.4) is 0 Å². The summed E-state index contributed by atoms with van der Waals surface area (Å²) >= 11 is 0. The van der Waals surface area contributed by atoms with Gasteiger partial charge in [-0.25, -0.2) is 8.42 Å². The predicted octanol–water partition coefficient (Wildman–Crippen LogP) is 1.68. The van der Waals surface area contributed by atoms with E-state index in [4.69, 9.17) is 0 Å². The van der Waals surface area contributed by atoms with Crippen molar-refractivity contribution in [1.82, 2.24) is 0 Å². The smallest absolute Gasteiger partial charge is 0.225 e. The van der Waals surface area contributed by atoms with Gasteiger partial charge in [0.25, 0.3) is 0 Å². The highest BCUT2D eigenvalue weighted by molar-refractivity contribution is 7.90. The number of sulfone groups is 1. The third-order valence-corrected chi connectivity index (χ3v) is 3.31. The number of amides is 1. The number of aryl methyl sites for hydroxylation is 2. The van der Waals surface area contributed by atoms with E-state index in [0.29, 0.717) is 0 Å². The van der Waals surface area contributed by atoms with Gasteiger partial charge in [-0.3, -0.25) is 4.79 Å². The first-order chi connectivity index (χ1) is 7.78. The van der Waals surface area contributed by atoms with E-state index in [1.807, 2.05) is 32.0 Å². The zero-order chi connectivity index (χ0) is 13.1. The number of anilines is 1. The second-order valence-corrected chi connectivity index (χ2v) is 6.51. The van der Waals surface area contributed by atoms with E-state index in [-0.39, 0.29) is 18.1 Å². The van der Waals surface area contributed by atoms with Crippen LogP contribution in [0.5, 0.6) is 0 Å². The third kappa shape index (κ3) is 4.99. The first-order valence-electron chi connectivity index (χ1n) is 5.33. The maximum absolute atomic E-state index is 11.5. The first kappa shape index (κ1) is 13.7. The molecule has 0 heterocycles. The summed E-state index contributed by atoms with van der Waals surface area (Å²) in [5, 5.41) is 2.72. The molecule has 1 rings (SSSR count). The average Bonchev–Trinajstić information content (AvgIpc) is 2.20. The minimum Gasteiger partial charge on any atom is -0.326 e. The maximum Gasteiger partial charge on any atom is 0.225 e. The van der Waals surface area contributed by atoms with Gasteiger partial charge in [-0.15, -0.1) is 0 Å². The lowest BCUT2D eigenvalue weighted by molar-refractivity contribution is -0.115. The van der Waals surface area contributed by atoms with Gasteiger partial charge in [-0.2, -0.15) is 0 Å². The molecule has 4 nitrogen and oxygen atoms in total. The molecule has 0 atom stereocenters. The molecule has 0 spiro atoms. The van der Waals surface area contributed by atoms with Crippen LogP contribution in [-0.4, -0.2) is 26.3 Å². The van der Waals surface area contributed by atoms with Gasteiger partial charge in [0.1, 0.15) is 9.84 Å². The highest BCUT2D eigenvalue weighted by atomic mass is 32.2. The van der Waals surface area contributed by atoms with E-state index < -0.39 is 9.84 Å². The molecule has 0 aliphatic rings. The Labute approximate surface area is 102 Å². The predicted molar refractivity (Wildman–Crippen MR) is 68.9 cm³/mol. The van der Waals surface area contributed by atoms with Crippen LogP contribution in [0.2, 0.25) is 0 Å². The summed E-state index contributed by atoms with van der Waals surface area (Å²) in [5.74, 6) is -0.395. The SMILES string of the molecule is Cc1ccc(C)c(NC(=O)CCS(C)(=O)=O)c1. The fourth-order valence-electron chi connectivity index (χ4n) is 1.36. The van der Waals surface area contributed by atoms with E-state index in [9.17, 15) is 13.2 Å². The molecular weight excluding hydrogens is 238 g/mol. The Hall–Kier alpha value is -1.36. The van der Waals surface area contributed by atoms with Gasteiger partial charge >= 0.3 is 0 Å². The van der Waals surface area contributed by atoms with Crippen LogP contribution in [0.25, 0.3) is 0 Å². The van der Waals surface area contributed by atoms with Crippen LogP contribution >= 0.6 is 0 Å². The average molecular weight is 255 g/mol. The number of rotatable bonds is 4. The fraction of sp³-hybridized carbons (Fsp3) is 0.417. The van der Waals surface area contributed by atoms with Crippen LogP contribution in [0.4, 0.5) is 5.69 Å². The maximum atomic E-state index is 11.5. The Bertz CT molecular complexity index is 521. The molecule has 0 aliphatic heterocycles. The van der Waals surface area contributed by atoms with Gasteiger partial charge in [0.05, 0.1) is 5.75 Å². The summed E-state index contributed by atoms with van der Waals surface area (Å²) in [5.41, 5.74) is 2.75. The van der Waals surface area contributed by atoms with E-state index in [1.54, 1.807) is 0 Å². The molecule has 94 valence electrons. The van der Waals surface area contributed by atoms with Crippen LogP contribution in [-0.2, 0) is 14.6 Å². The lowest BCUT2D eigenvalue weighted by Gasteiger charge is -2.08. The molecule has 17 heavy (non-hydrogen) atoms. The number of nitrogens with one attached hydrogen (secondary N) is 1. The highest BCUT2D eigenvalue weighted by Gasteiger charge is 2.09. The monoisotopic (exact) mass is 255 g/mol. The van der Waals surface area contributed by atoms with Crippen molar-refractivity contribution in [3.05, 3.63) is 29.3 Å². The largest absolute Gasteiger partial charge is 0.326 e. The molecule has 0 fully saturated rings. The topological polar surface area (TPSA) is 63.2 Å². The van der Waals surface area contributed by atoms with Gasteiger partial charge in [-0.05, 0) is 31.0 Å². The van der Waals surface area contributed by atoms with Crippen LogP contribution in [0, 0.1) is 13.8 Å². The molecule has 1 aromatic rings. The van der Waals surface area contributed by atoms with Crippen LogP contribution in [0.15, 0.2) is 18.2 Å². The van der Waals surface area contributed by atoms with Gasteiger partial charge in [0.15, 0.2) is 0 Å². The second-order valence-electron chi connectivity index (χ2n) is 4.25.